The molecule has 0 unspecified atom stereocenters. The van der Waals surface area contributed by atoms with E-state index in [-0.39, 0.29) is 0 Å². The molecule has 0 aliphatic rings. The summed E-state index contributed by atoms with van der Waals surface area (Å²) in [5, 5.41) is 6.97. The number of hydrazone groups is 1. The van der Waals surface area contributed by atoms with Gasteiger partial charge in [0.25, 0.3) is 0 Å². The minimum absolute atomic E-state index is 0.352. The fourth-order valence-corrected chi connectivity index (χ4v) is 3.09. The Kier molecular flexibility index (Phi) is 6.27. The highest BCUT2D eigenvalue weighted by Crippen LogP contribution is 2.28. The summed E-state index contributed by atoms with van der Waals surface area (Å²) in [5.41, 5.74) is 5.74. The van der Waals surface area contributed by atoms with Crippen LogP contribution < -0.4 is 19.6 Å². The van der Waals surface area contributed by atoms with E-state index >= 15 is 0 Å². The molecule has 0 saturated carbocycles. The highest BCUT2D eigenvalue weighted by molar-refractivity contribution is 7.13. The Balaban J connectivity index is 1.71. The summed E-state index contributed by atoms with van der Waals surface area (Å²) in [6.45, 7) is 2.30. The van der Waals surface area contributed by atoms with Crippen molar-refractivity contribution in [3.05, 3.63) is 64.7 Å². The number of nitrogens with one attached hydrogen (secondary N) is 1. The molecule has 0 spiro atoms. The van der Waals surface area contributed by atoms with Gasteiger partial charge >= 0.3 is 0 Å². The largest absolute Gasteiger partial charge is 0.496 e. The van der Waals surface area contributed by atoms with Crippen molar-refractivity contribution >= 4 is 22.7 Å². The second-order valence-electron chi connectivity index (χ2n) is 5.67. The second kappa shape index (κ2) is 9.05. The molecule has 1 N–H and O–H groups in total. The van der Waals surface area contributed by atoms with Crippen LogP contribution >= 0.6 is 11.3 Å². The molecule has 3 aromatic rings. The molecule has 2 aromatic carbocycles. The van der Waals surface area contributed by atoms with Gasteiger partial charge in [-0.05, 0) is 42.8 Å². The molecule has 0 fully saturated rings. The summed E-state index contributed by atoms with van der Waals surface area (Å²) in [6, 6.07) is 13.4. The van der Waals surface area contributed by atoms with Gasteiger partial charge in [0.15, 0.2) is 11.5 Å². The number of hydrogen-bond acceptors (Lipinski definition) is 7. The molecule has 7 heteroatoms. The maximum atomic E-state index is 5.91. The molecule has 0 bridgehead atoms. The third-order valence-electron chi connectivity index (χ3n) is 3.75. The third kappa shape index (κ3) is 4.98. The summed E-state index contributed by atoms with van der Waals surface area (Å²) in [7, 11) is 3.26. The zero-order valence-corrected chi connectivity index (χ0v) is 16.2. The number of methoxy groups -OCH3 is 2. The van der Waals surface area contributed by atoms with Gasteiger partial charge in [-0.1, -0.05) is 12.1 Å². The number of nitrogens with zero attached hydrogens (tertiary/aromatic N) is 2. The van der Waals surface area contributed by atoms with Crippen LogP contribution in [-0.4, -0.2) is 25.4 Å². The van der Waals surface area contributed by atoms with Crippen molar-refractivity contribution in [3.63, 3.8) is 0 Å². The van der Waals surface area contributed by atoms with Gasteiger partial charge in [0.2, 0.25) is 5.13 Å². The minimum Gasteiger partial charge on any atom is -0.496 e. The highest BCUT2D eigenvalue weighted by Gasteiger charge is 2.08. The first-order valence-corrected chi connectivity index (χ1v) is 9.21. The fourth-order valence-electron chi connectivity index (χ4n) is 2.45. The molecule has 0 atom stereocenters. The third-order valence-corrected chi connectivity index (χ3v) is 4.61. The fraction of sp³-hybridized carbons (Fsp3) is 0.200. The number of aromatic nitrogens is 1. The Morgan fingerprint density at radius 2 is 1.85 bits per heavy atom. The number of benzene rings is 2. The molecule has 6 nitrogen and oxygen atoms in total. The maximum absolute atomic E-state index is 5.91. The van der Waals surface area contributed by atoms with Gasteiger partial charge in [-0.2, -0.15) is 5.10 Å². The summed E-state index contributed by atoms with van der Waals surface area (Å²) >= 11 is 1.52. The van der Waals surface area contributed by atoms with E-state index in [9.17, 15) is 0 Å². The minimum atomic E-state index is 0.352. The van der Waals surface area contributed by atoms with Crippen molar-refractivity contribution in [1.82, 2.24) is 4.98 Å². The van der Waals surface area contributed by atoms with E-state index in [1.807, 2.05) is 54.8 Å². The zero-order valence-electron chi connectivity index (χ0n) is 15.4. The van der Waals surface area contributed by atoms with E-state index in [4.69, 9.17) is 14.2 Å². The van der Waals surface area contributed by atoms with Crippen molar-refractivity contribution in [2.45, 2.75) is 13.5 Å². The summed E-state index contributed by atoms with van der Waals surface area (Å²) < 4.78 is 16.7. The van der Waals surface area contributed by atoms with Gasteiger partial charge < -0.3 is 14.2 Å². The van der Waals surface area contributed by atoms with E-state index in [0.29, 0.717) is 18.1 Å². The quantitative estimate of drug-likeness (QED) is 0.458. The molecule has 0 saturated heterocycles. The van der Waals surface area contributed by atoms with Crippen molar-refractivity contribution in [2.24, 2.45) is 5.10 Å². The van der Waals surface area contributed by atoms with Crippen LogP contribution in [0.5, 0.6) is 17.2 Å². The van der Waals surface area contributed by atoms with Crippen LogP contribution in [0.15, 0.2) is 52.9 Å². The number of rotatable bonds is 8. The smallest absolute Gasteiger partial charge is 0.203 e. The van der Waals surface area contributed by atoms with Gasteiger partial charge in [0, 0.05) is 10.9 Å². The van der Waals surface area contributed by atoms with Gasteiger partial charge in [-0.15, -0.1) is 11.3 Å². The zero-order chi connectivity index (χ0) is 19.1. The normalized spacial score (nSPS) is 10.8. The summed E-state index contributed by atoms with van der Waals surface area (Å²) in [6.07, 6.45) is 1.74. The molecule has 27 heavy (non-hydrogen) atoms. The van der Waals surface area contributed by atoms with E-state index in [1.165, 1.54) is 11.3 Å². The Hall–Kier alpha value is -3.06. The lowest BCUT2D eigenvalue weighted by atomic mass is 10.1. The molecule has 0 radical (unpaired) electrons. The topological polar surface area (TPSA) is 65.0 Å². The van der Waals surface area contributed by atoms with Crippen molar-refractivity contribution < 1.29 is 14.2 Å². The van der Waals surface area contributed by atoms with Gasteiger partial charge in [-0.25, -0.2) is 4.98 Å². The average molecular weight is 383 g/mol. The van der Waals surface area contributed by atoms with E-state index < -0.39 is 0 Å². The molecule has 1 aromatic heterocycles. The molecular formula is C20H21N3O3S. The van der Waals surface area contributed by atoms with Gasteiger partial charge in [0.05, 0.1) is 26.1 Å². The van der Waals surface area contributed by atoms with Crippen LogP contribution in [0.2, 0.25) is 0 Å². The predicted molar refractivity (Wildman–Crippen MR) is 108 cm³/mol. The first-order valence-electron chi connectivity index (χ1n) is 8.33. The number of thiazole rings is 1. The van der Waals surface area contributed by atoms with E-state index in [0.717, 1.165) is 27.7 Å². The Bertz CT molecular complexity index is 924. The number of aryl methyl sites for hydroxylation is 1. The van der Waals surface area contributed by atoms with Crippen LogP contribution in [-0.2, 0) is 6.61 Å². The highest BCUT2D eigenvalue weighted by atomic mass is 32.1. The second-order valence-corrected chi connectivity index (χ2v) is 6.53. The van der Waals surface area contributed by atoms with Crippen molar-refractivity contribution in [1.29, 1.82) is 0 Å². The lowest BCUT2D eigenvalue weighted by Gasteiger charge is -2.13. The first-order chi connectivity index (χ1) is 13.2. The van der Waals surface area contributed by atoms with Crippen molar-refractivity contribution in [3.8, 4) is 17.2 Å². The monoisotopic (exact) mass is 383 g/mol. The maximum Gasteiger partial charge on any atom is 0.203 e. The predicted octanol–water partition coefficient (Wildman–Crippen LogP) is 4.49. The number of ether oxygens (including phenoxy) is 3. The van der Waals surface area contributed by atoms with Crippen LogP contribution in [0.1, 0.15) is 16.8 Å². The average Bonchev–Trinajstić information content (AvgIpc) is 3.11. The van der Waals surface area contributed by atoms with Gasteiger partial charge in [0.1, 0.15) is 12.4 Å². The number of hydrogen-bond donors (Lipinski definition) is 1. The SMILES string of the molecule is COc1ccc(C=NNc2nc(C)cs2)cc1COc1ccccc1OC. The Labute approximate surface area is 162 Å². The lowest BCUT2D eigenvalue weighted by Crippen LogP contribution is -2.01. The summed E-state index contributed by atoms with van der Waals surface area (Å²) in [5.74, 6) is 2.13. The van der Waals surface area contributed by atoms with Crippen LogP contribution in [0.4, 0.5) is 5.13 Å². The Morgan fingerprint density at radius 3 is 2.56 bits per heavy atom. The lowest BCUT2D eigenvalue weighted by molar-refractivity contribution is 0.278. The van der Waals surface area contributed by atoms with E-state index in [2.05, 4.69) is 15.5 Å². The van der Waals surface area contributed by atoms with Gasteiger partial charge in [-0.3, -0.25) is 5.43 Å². The van der Waals surface area contributed by atoms with Crippen LogP contribution in [0, 0.1) is 6.92 Å². The molecule has 0 aliphatic heterocycles. The van der Waals surface area contributed by atoms with Crippen LogP contribution in [0.25, 0.3) is 0 Å². The standard InChI is InChI=1S/C20H21N3O3S/c1-14-13-27-20(22-14)23-21-11-15-8-9-17(24-2)16(10-15)12-26-19-7-5-4-6-18(19)25-3/h4-11,13H,12H2,1-3H3,(H,22,23). The Morgan fingerprint density at radius 1 is 1.07 bits per heavy atom. The molecule has 140 valence electrons. The van der Waals surface area contributed by atoms with E-state index in [1.54, 1.807) is 20.4 Å². The first kappa shape index (κ1) is 18.7. The molecule has 0 aliphatic carbocycles. The molecule has 0 amide bonds. The van der Waals surface area contributed by atoms with Crippen LogP contribution in [0.3, 0.4) is 0 Å². The molecular weight excluding hydrogens is 362 g/mol. The number of anilines is 1. The summed E-state index contributed by atoms with van der Waals surface area (Å²) in [4.78, 5) is 4.31. The molecule has 1 heterocycles. The number of para-hydroxylation sites is 2. The van der Waals surface area contributed by atoms with Crippen molar-refractivity contribution in [2.75, 3.05) is 19.6 Å². The molecule has 3 rings (SSSR count).